The molecule has 2 unspecified atom stereocenters. The molecular formula is C13H18O3. The van der Waals surface area contributed by atoms with Crippen LogP contribution in [0, 0.1) is 0 Å². The van der Waals surface area contributed by atoms with Crippen LogP contribution in [-0.4, -0.2) is 24.3 Å². The maximum absolute atomic E-state index is 10.8. The highest BCUT2D eigenvalue weighted by Gasteiger charge is 2.13. The molecule has 88 valence electrons. The van der Waals surface area contributed by atoms with E-state index in [1.807, 2.05) is 31.2 Å². The minimum atomic E-state index is -0.794. The van der Waals surface area contributed by atoms with E-state index in [1.54, 1.807) is 14.0 Å². The first-order valence-electron chi connectivity index (χ1n) is 5.39. The smallest absolute Gasteiger partial charge is 0.310 e. The summed E-state index contributed by atoms with van der Waals surface area (Å²) in [5.74, 6) is -1.24. The zero-order valence-corrected chi connectivity index (χ0v) is 9.93. The molecule has 0 aliphatic rings. The number of rotatable bonds is 5. The summed E-state index contributed by atoms with van der Waals surface area (Å²) >= 11 is 0. The average Bonchev–Trinajstić information content (AvgIpc) is 2.28. The van der Waals surface area contributed by atoms with Crippen molar-refractivity contribution in [2.24, 2.45) is 0 Å². The molecule has 0 amide bonds. The third-order valence-electron chi connectivity index (χ3n) is 2.78. The van der Waals surface area contributed by atoms with E-state index in [9.17, 15) is 4.79 Å². The molecule has 0 bridgehead atoms. The number of aliphatic carboxylic acids is 1. The standard InChI is InChI=1S/C13H18O3/c1-9(16-3)8-11-4-6-12(7-5-11)10(2)13(14)15/h4-7,9-10H,8H2,1-3H3,(H,14,15). The van der Waals surface area contributed by atoms with E-state index in [4.69, 9.17) is 9.84 Å². The summed E-state index contributed by atoms with van der Waals surface area (Å²) in [6.45, 7) is 3.70. The summed E-state index contributed by atoms with van der Waals surface area (Å²) in [5, 5.41) is 8.87. The van der Waals surface area contributed by atoms with Crippen molar-refractivity contribution in [3.05, 3.63) is 35.4 Å². The van der Waals surface area contributed by atoms with E-state index in [0.29, 0.717) is 0 Å². The Kier molecular flexibility index (Phi) is 4.50. The highest BCUT2D eigenvalue weighted by Crippen LogP contribution is 2.16. The normalized spacial score (nSPS) is 14.4. The summed E-state index contributed by atoms with van der Waals surface area (Å²) in [6.07, 6.45) is 1.03. The zero-order valence-electron chi connectivity index (χ0n) is 9.93. The fourth-order valence-electron chi connectivity index (χ4n) is 1.50. The first-order valence-corrected chi connectivity index (χ1v) is 5.39. The van der Waals surface area contributed by atoms with Crippen molar-refractivity contribution < 1.29 is 14.6 Å². The average molecular weight is 222 g/mol. The molecule has 0 saturated carbocycles. The Hall–Kier alpha value is -1.35. The monoisotopic (exact) mass is 222 g/mol. The lowest BCUT2D eigenvalue weighted by Gasteiger charge is -2.11. The number of methoxy groups -OCH3 is 1. The molecule has 3 nitrogen and oxygen atoms in total. The van der Waals surface area contributed by atoms with Crippen LogP contribution in [0.2, 0.25) is 0 Å². The first kappa shape index (κ1) is 12.7. The van der Waals surface area contributed by atoms with Gasteiger partial charge in [-0.1, -0.05) is 24.3 Å². The molecule has 0 aliphatic heterocycles. The number of benzene rings is 1. The Balaban J connectivity index is 2.71. The largest absolute Gasteiger partial charge is 0.481 e. The van der Waals surface area contributed by atoms with Gasteiger partial charge >= 0.3 is 5.97 Å². The molecule has 0 saturated heterocycles. The van der Waals surface area contributed by atoms with Gasteiger partial charge in [0.2, 0.25) is 0 Å². The van der Waals surface area contributed by atoms with Crippen LogP contribution in [0.25, 0.3) is 0 Å². The van der Waals surface area contributed by atoms with Crippen LogP contribution in [0.1, 0.15) is 30.9 Å². The van der Waals surface area contributed by atoms with Crippen LogP contribution in [0.15, 0.2) is 24.3 Å². The molecule has 1 N–H and O–H groups in total. The van der Waals surface area contributed by atoms with Gasteiger partial charge in [0.05, 0.1) is 12.0 Å². The molecule has 0 aromatic heterocycles. The van der Waals surface area contributed by atoms with Crippen molar-refractivity contribution in [3.63, 3.8) is 0 Å². The maximum Gasteiger partial charge on any atom is 0.310 e. The molecule has 1 aromatic rings. The molecule has 1 rings (SSSR count). The second-order valence-electron chi connectivity index (χ2n) is 4.05. The molecule has 0 spiro atoms. The van der Waals surface area contributed by atoms with E-state index in [-0.39, 0.29) is 6.10 Å². The Labute approximate surface area is 96.1 Å². The molecular weight excluding hydrogens is 204 g/mol. The number of carboxylic acid groups (broad SMARTS) is 1. The summed E-state index contributed by atoms with van der Waals surface area (Å²) in [5.41, 5.74) is 2.00. The number of carbonyl (C=O) groups is 1. The predicted molar refractivity (Wildman–Crippen MR) is 62.7 cm³/mol. The molecule has 1 aromatic carbocycles. The van der Waals surface area contributed by atoms with Gasteiger partial charge < -0.3 is 9.84 Å². The zero-order chi connectivity index (χ0) is 12.1. The van der Waals surface area contributed by atoms with Gasteiger partial charge in [-0.2, -0.15) is 0 Å². The summed E-state index contributed by atoms with van der Waals surface area (Å²) < 4.78 is 5.18. The number of carboxylic acids is 1. The predicted octanol–water partition coefficient (Wildman–Crippen LogP) is 2.45. The third kappa shape index (κ3) is 3.35. The van der Waals surface area contributed by atoms with Crippen LogP contribution in [0.5, 0.6) is 0 Å². The van der Waals surface area contributed by atoms with Crippen molar-refractivity contribution in [2.75, 3.05) is 7.11 Å². The molecule has 3 heteroatoms. The van der Waals surface area contributed by atoms with Crippen molar-refractivity contribution in [3.8, 4) is 0 Å². The Morgan fingerprint density at radius 1 is 1.31 bits per heavy atom. The van der Waals surface area contributed by atoms with Gasteiger partial charge in [-0.15, -0.1) is 0 Å². The summed E-state index contributed by atoms with van der Waals surface area (Å²) in [6, 6.07) is 7.67. The highest BCUT2D eigenvalue weighted by atomic mass is 16.5. The Bertz CT molecular complexity index is 343. The Morgan fingerprint density at radius 2 is 1.88 bits per heavy atom. The van der Waals surface area contributed by atoms with Crippen LogP contribution < -0.4 is 0 Å². The van der Waals surface area contributed by atoms with Gasteiger partial charge in [-0.05, 0) is 31.4 Å². The second kappa shape index (κ2) is 5.66. The van der Waals surface area contributed by atoms with Gasteiger partial charge in [-0.25, -0.2) is 0 Å². The second-order valence-corrected chi connectivity index (χ2v) is 4.05. The van der Waals surface area contributed by atoms with E-state index in [2.05, 4.69) is 0 Å². The topological polar surface area (TPSA) is 46.5 Å². The van der Waals surface area contributed by atoms with Crippen molar-refractivity contribution >= 4 is 5.97 Å². The fraction of sp³-hybridized carbons (Fsp3) is 0.462. The van der Waals surface area contributed by atoms with E-state index >= 15 is 0 Å². The quantitative estimate of drug-likeness (QED) is 0.832. The molecule has 0 heterocycles. The molecule has 16 heavy (non-hydrogen) atoms. The third-order valence-corrected chi connectivity index (χ3v) is 2.78. The number of hydrogen-bond donors (Lipinski definition) is 1. The lowest BCUT2D eigenvalue weighted by Crippen LogP contribution is -2.09. The summed E-state index contributed by atoms with van der Waals surface area (Å²) in [7, 11) is 1.69. The van der Waals surface area contributed by atoms with E-state index in [1.165, 1.54) is 0 Å². The molecule has 0 aliphatic carbocycles. The SMILES string of the molecule is COC(C)Cc1ccc(C(C)C(=O)O)cc1. The van der Waals surface area contributed by atoms with Gasteiger partial charge in [0.15, 0.2) is 0 Å². The molecule has 0 radical (unpaired) electrons. The van der Waals surface area contributed by atoms with Crippen LogP contribution >= 0.6 is 0 Å². The number of ether oxygens (including phenoxy) is 1. The highest BCUT2D eigenvalue weighted by molar-refractivity contribution is 5.75. The lowest BCUT2D eigenvalue weighted by atomic mass is 9.98. The van der Waals surface area contributed by atoms with Crippen molar-refractivity contribution in [2.45, 2.75) is 32.3 Å². The molecule has 0 fully saturated rings. The van der Waals surface area contributed by atoms with Gasteiger partial charge in [0.1, 0.15) is 0 Å². The molecule has 2 atom stereocenters. The van der Waals surface area contributed by atoms with Crippen molar-refractivity contribution in [1.82, 2.24) is 0 Å². The van der Waals surface area contributed by atoms with Crippen LogP contribution in [0.3, 0.4) is 0 Å². The van der Waals surface area contributed by atoms with Crippen molar-refractivity contribution in [1.29, 1.82) is 0 Å². The Morgan fingerprint density at radius 3 is 2.31 bits per heavy atom. The van der Waals surface area contributed by atoms with Crippen LogP contribution in [-0.2, 0) is 16.0 Å². The fourth-order valence-corrected chi connectivity index (χ4v) is 1.50. The lowest BCUT2D eigenvalue weighted by molar-refractivity contribution is -0.138. The minimum absolute atomic E-state index is 0.183. The van der Waals surface area contributed by atoms with Gasteiger partial charge in [-0.3, -0.25) is 4.79 Å². The summed E-state index contributed by atoms with van der Waals surface area (Å²) in [4.78, 5) is 10.8. The first-order chi connectivity index (χ1) is 7.54. The van der Waals surface area contributed by atoms with Gasteiger partial charge in [0, 0.05) is 7.11 Å². The van der Waals surface area contributed by atoms with E-state index < -0.39 is 11.9 Å². The van der Waals surface area contributed by atoms with E-state index in [0.717, 1.165) is 17.5 Å². The number of hydrogen-bond acceptors (Lipinski definition) is 2. The van der Waals surface area contributed by atoms with Gasteiger partial charge in [0.25, 0.3) is 0 Å². The maximum atomic E-state index is 10.8. The minimum Gasteiger partial charge on any atom is -0.481 e. The van der Waals surface area contributed by atoms with Crippen LogP contribution in [0.4, 0.5) is 0 Å².